The number of anilines is 2. The van der Waals surface area contributed by atoms with Gasteiger partial charge in [-0.1, -0.05) is 17.7 Å². The molecule has 0 aliphatic heterocycles. The Hall–Kier alpha value is -3.32. The van der Waals surface area contributed by atoms with Crippen LogP contribution in [-0.4, -0.2) is 27.7 Å². The van der Waals surface area contributed by atoms with Crippen LogP contribution in [-0.2, 0) is 4.79 Å². The number of carbonyl (C=O) groups is 2. The van der Waals surface area contributed by atoms with Gasteiger partial charge < -0.3 is 15.4 Å². The standard InChI is InChI=1S/C22H23ClN4O3/c1-14(2)30-20-9-8-16(23)12-19(20)22(29)26-18-7-4-6-17(13-18)25-21(28)15(3)27-11-5-10-24-27/h4-15H,1-3H3,(H,25,28)(H,26,29). The van der Waals surface area contributed by atoms with Gasteiger partial charge in [0.2, 0.25) is 5.91 Å². The molecule has 1 aromatic heterocycles. The maximum atomic E-state index is 12.8. The summed E-state index contributed by atoms with van der Waals surface area (Å²) in [6, 6.07) is 13.1. The van der Waals surface area contributed by atoms with E-state index in [2.05, 4.69) is 15.7 Å². The highest BCUT2D eigenvalue weighted by Crippen LogP contribution is 2.26. The number of amides is 2. The van der Waals surface area contributed by atoms with Crippen LogP contribution >= 0.6 is 11.6 Å². The third-order valence-corrected chi connectivity index (χ3v) is 4.47. The first-order chi connectivity index (χ1) is 14.3. The molecule has 0 aliphatic carbocycles. The average Bonchev–Trinajstić information content (AvgIpc) is 3.23. The van der Waals surface area contributed by atoms with Crippen molar-refractivity contribution in [2.24, 2.45) is 0 Å². The molecule has 0 aliphatic rings. The topological polar surface area (TPSA) is 85.3 Å². The molecule has 0 saturated heterocycles. The van der Waals surface area contributed by atoms with Gasteiger partial charge in [0.05, 0.1) is 11.7 Å². The fraction of sp³-hybridized carbons (Fsp3) is 0.227. The lowest BCUT2D eigenvalue weighted by molar-refractivity contribution is -0.119. The fourth-order valence-corrected chi connectivity index (χ4v) is 2.96. The number of hydrogen-bond acceptors (Lipinski definition) is 4. The zero-order valence-electron chi connectivity index (χ0n) is 16.9. The van der Waals surface area contributed by atoms with Crippen LogP contribution in [0, 0.1) is 0 Å². The summed E-state index contributed by atoms with van der Waals surface area (Å²) in [5.41, 5.74) is 1.42. The van der Waals surface area contributed by atoms with Gasteiger partial charge in [0.25, 0.3) is 5.91 Å². The monoisotopic (exact) mass is 426 g/mol. The van der Waals surface area contributed by atoms with Gasteiger partial charge in [-0.2, -0.15) is 5.10 Å². The van der Waals surface area contributed by atoms with E-state index in [0.717, 1.165) is 0 Å². The van der Waals surface area contributed by atoms with E-state index in [1.807, 2.05) is 13.8 Å². The molecule has 1 unspecified atom stereocenters. The Morgan fingerprint density at radius 1 is 1.03 bits per heavy atom. The number of nitrogens with one attached hydrogen (secondary N) is 2. The molecule has 8 heteroatoms. The maximum absolute atomic E-state index is 12.8. The van der Waals surface area contributed by atoms with Gasteiger partial charge in [0.15, 0.2) is 0 Å². The van der Waals surface area contributed by atoms with E-state index in [4.69, 9.17) is 16.3 Å². The van der Waals surface area contributed by atoms with Crippen molar-refractivity contribution in [3.8, 4) is 5.75 Å². The molecule has 0 saturated carbocycles. The van der Waals surface area contributed by atoms with Crippen molar-refractivity contribution in [3.05, 3.63) is 71.5 Å². The normalized spacial score (nSPS) is 11.8. The predicted octanol–water partition coefficient (Wildman–Crippen LogP) is 4.78. The number of nitrogens with zero attached hydrogens (tertiary/aromatic N) is 2. The zero-order valence-corrected chi connectivity index (χ0v) is 17.7. The second kappa shape index (κ2) is 9.45. The highest BCUT2D eigenvalue weighted by molar-refractivity contribution is 6.31. The molecule has 0 spiro atoms. The summed E-state index contributed by atoms with van der Waals surface area (Å²) >= 11 is 6.06. The minimum absolute atomic E-state index is 0.0898. The van der Waals surface area contributed by atoms with Crippen molar-refractivity contribution >= 4 is 34.8 Å². The van der Waals surface area contributed by atoms with Crippen molar-refractivity contribution in [1.29, 1.82) is 0 Å². The van der Waals surface area contributed by atoms with Crippen LogP contribution in [0.4, 0.5) is 11.4 Å². The number of carbonyl (C=O) groups excluding carboxylic acids is 2. The van der Waals surface area contributed by atoms with Crippen molar-refractivity contribution in [1.82, 2.24) is 9.78 Å². The third kappa shape index (κ3) is 5.39. The molecule has 156 valence electrons. The number of halogens is 1. The summed E-state index contributed by atoms with van der Waals surface area (Å²) in [5.74, 6) is -0.129. The summed E-state index contributed by atoms with van der Waals surface area (Å²) in [5, 5.41) is 10.2. The van der Waals surface area contributed by atoms with E-state index in [1.54, 1.807) is 72.5 Å². The Balaban J connectivity index is 1.73. The number of ether oxygens (including phenoxy) is 1. The molecule has 2 aromatic carbocycles. The lowest BCUT2D eigenvalue weighted by atomic mass is 10.1. The minimum atomic E-state index is -0.472. The second-order valence-electron chi connectivity index (χ2n) is 6.99. The summed E-state index contributed by atoms with van der Waals surface area (Å²) in [7, 11) is 0. The van der Waals surface area contributed by atoms with Gasteiger partial charge in [-0.25, -0.2) is 0 Å². The van der Waals surface area contributed by atoms with E-state index in [1.165, 1.54) is 0 Å². The minimum Gasteiger partial charge on any atom is -0.490 e. The van der Waals surface area contributed by atoms with Crippen LogP contribution in [0.2, 0.25) is 5.02 Å². The van der Waals surface area contributed by atoms with Gasteiger partial charge in [-0.05, 0) is 63.2 Å². The van der Waals surface area contributed by atoms with Gasteiger partial charge in [-0.3, -0.25) is 14.3 Å². The van der Waals surface area contributed by atoms with Crippen molar-refractivity contribution in [2.45, 2.75) is 32.9 Å². The predicted molar refractivity (Wildman–Crippen MR) is 117 cm³/mol. The van der Waals surface area contributed by atoms with Crippen LogP contribution < -0.4 is 15.4 Å². The van der Waals surface area contributed by atoms with Crippen LogP contribution in [0.15, 0.2) is 60.9 Å². The number of benzene rings is 2. The molecule has 0 bridgehead atoms. The highest BCUT2D eigenvalue weighted by Gasteiger charge is 2.17. The summed E-state index contributed by atoms with van der Waals surface area (Å²) in [6.45, 7) is 5.52. The van der Waals surface area contributed by atoms with Gasteiger partial charge in [0, 0.05) is 28.8 Å². The molecular formula is C22H23ClN4O3. The molecule has 0 fully saturated rings. The second-order valence-corrected chi connectivity index (χ2v) is 7.43. The van der Waals surface area contributed by atoms with Gasteiger partial charge in [0.1, 0.15) is 11.8 Å². The SMILES string of the molecule is CC(C)Oc1ccc(Cl)cc1C(=O)Nc1cccc(NC(=O)C(C)n2cccn2)c1. The first-order valence-electron chi connectivity index (χ1n) is 9.51. The first-order valence-corrected chi connectivity index (χ1v) is 9.89. The van der Waals surface area contributed by atoms with Crippen molar-refractivity contribution in [2.75, 3.05) is 10.6 Å². The molecule has 2 N–H and O–H groups in total. The van der Waals surface area contributed by atoms with Crippen LogP contribution in [0.25, 0.3) is 0 Å². The highest BCUT2D eigenvalue weighted by atomic mass is 35.5. The third-order valence-electron chi connectivity index (χ3n) is 4.24. The van der Waals surface area contributed by atoms with E-state index in [9.17, 15) is 9.59 Å². The Morgan fingerprint density at radius 3 is 2.43 bits per heavy atom. The lowest BCUT2D eigenvalue weighted by Gasteiger charge is -2.15. The lowest BCUT2D eigenvalue weighted by Crippen LogP contribution is -2.24. The number of rotatable bonds is 7. The molecular weight excluding hydrogens is 404 g/mol. The van der Waals surface area contributed by atoms with Crippen molar-refractivity contribution in [3.63, 3.8) is 0 Å². The molecule has 0 radical (unpaired) electrons. The van der Waals surface area contributed by atoms with E-state index >= 15 is 0 Å². The van der Waals surface area contributed by atoms with Crippen LogP contribution in [0.1, 0.15) is 37.2 Å². The molecule has 7 nitrogen and oxygen atoms in total. The molecule has 1 atom stereocenters. The molecule has 3 aromatic rings. The summed E-state index contributed by atoms with van der Waals surface area (Å²) in [4.78, 5) is 25.3. The number of aromatic nitrogens is 2. The zero-order chi connectivity index (χ0) is 21.7. The van der Waals surface area contributed by atoms with E-state index < -0.39 is 6.04 Å². The molecule has 3 rings (SSSR count). The van der Waals surface area contributed by atoms with E-state index in [-0.39, 0.29) is 17.9 Å². The summed E-state index contributed by atoms with van der Waals surface area (Å²) in [6.07, 6.45) is 3.25. The summed E-state index contributed by atoms with van der Waals surface area (Å²) < 4.78 is 7.28. The first kappa shape index (κ1) is 21.4. The molecule has 2 amide bonds. The Kier molecular flexibility index (Phi) is 6.74. The largest absolute Gasteiger partial charge is 0.490 e. The fourth-order valence-electron chi connectivity index (χ4n) is 2.79. The Morgan fingerprint density at radius 2 is 1.77 bits per heavy atom. The Labute approximate surface area is 180 Å². The van der Waals surface area contributed by atoms with Gasteiger partial charge >= 0.3 is 0 Å². The quantitative estimate of drug-likeness (QED) is 0.569. The van der Waals surface area contributed by atoms with Crippen molar-refractivity contribution < 1.29 is 14.3 Å². The maximum Gasteiger partial charge on any atom is 0.259 e. The smallest absolute Gasteiger partial charge is 0.259 e. The van der Waals surface area contributed by atoms with Gasteiger partial charge in [-0.15, -0.1) is 0 Å². The molecule has 1 heterocycles. The Bertz CT molecular complexity index is 1030. The number of hydrogen-bond donors (Lipinski definition) is 2. The van der Waals surface area contributed by atoms with Crippen LogP contribution in [0.3, 0.4) is 0 Å². The molecule has 30 heavy (non-hydrogen) atoms. The van der Waals surface area contributed by atoms with E-state index in [0.29, 0.717) is 27.7 Å². The average molecular weight is 427 g/mol. The van der Waals surface area contributed by atoms with Crippen LogP contribution in [0.5, 0.6) is 5.75 Å².